The zero-order valence-electron chi connectivity index (χ0n) is 16.3. The van der Waals surface area contributed by atoms with Gasteiger partial charge >= 0.3 is 0 Å². The first kappa shape index (κ1) is 20.8. The molecule has 3 aromatic heterocycles. The van der Waals surface area contributed by atoms with Gasteiger partial charge in [0.05, 0.1) is 23.5 Å². The molecule has 0 aromatic carbocycles. The molecule has 9 heteroatoms. The van der Waals surface area contributed by atoms with Crippen molar-refractivity contribution >= 4 is 23.2 Å². The fourth-order valence-electron chi connectivity index (χ4n) is 3.08. The molecule has 29 heavy (non-hydrogen) atoms. The van der Waals surface area contributed by atoms with E-state index in [0.717, 1.165) is 0 Å². The van der Waals surface area contributed by atoms with Gasteiger partial charge in [-0.25, -0.2) is 4.98 Å². The molecular formula is C20H20ClN5O3. The first-order chi connectivity index (χ1) is 13.9. The topological polar surface area (TPSA) is 99.9 Å². The number of hydrogen-bond donors (Lipinski definition) is 0. The molecule has 0 N–H and O–H groups in total. The number of nitrogens with zero attached hydrogens (tertiary/aromatic N) is 5. The van der Waals surface area contributed by atoms with Crippen molar-refractivity contribution in [3.63, 3.8) is 0 Å². The summed E-state index contributed by atoms with van der Waals surface area (Å²) in [5.41, 5.74) is 2.51. The lowest BCUT2D eigenvalue weighted by Crippen LogP contribution is -2.14. The SMILES string of the molecule is CO[C@H](C)c1c(CC(=O)Cc2cnc(-n3nccn3)c(Cl)c2)cncc1C(C)=O. The van der Waals surface area contributed by atoms with E-state index in [-0.39, 0.29) is 30.5 Å². The molecule has 3 rings (SSSR count). The summed E-state index contributed by atoms with van der Waals surface area (Å²) in [6.07, 6.45) is 7.67. The smallest absolute Gasteiger partial charge is 0.193 e. The summed E-state index contributed by atoms with van der Waals surface area (Å²) in [4.78, 5) is 34.3. The number of ether oxygens (including phenoxy) is 1. The number of aromatic nitrogens is 5. The van der Waals surface area contributed by atoms with Gasteiger partial charge in [0.1, 0.15) is 5.78 Å². The van der Waals surface area contributed by atoms with Crippen LogP contribution >= 0.6 is 11.6 Å². The highest BCUT2D eigenvalue weighted by atomic mass is 35.5. The lowest BCUT2D eigenvalue weighted by Gasteiger charge is -2.17. The molecular weight excluding hydrogens is 394 g/mol. The zero-order valence-corrected chi connectivity index (χ0v) is 17.1. The van der Waals surface area contributed by atoms with Gasteiger partial charge in [-0.05, 0) is 36.6 Å². The lowest BCUT2D eigenvalue weighted by atomic mass is 9.93. The Labute approximate surface area is 172 Å². The quantitative estimate of drug-likeness (QED) is 0.523. The molecule has 0 aliphatic heterocycles. The van der Waals surface area contributed by atoms with Crippen molar-refractivity contribution in [2.45, 2.75) is 32.8 Å². The molecule has 0 unspecified atom stereocenters. The molecule has 1 atom stereocenters. The van der Waals surface area contributed by atoms with Crippen LogP contribution in [0.3, 0.4) is 0 Å². The fourth-order valence-corrected chi connectivity index (χ4v) is 3.34. The third kappa shape index (κ3) is 4.72. The molecule has 3 heterocycles. The highest BCUT2D eigenvalue weighted by Gasteiger charge is 2.20. The van der Waals surface area contributed by atoms with E-state index in [1.165, 1.54) is 30.3 Å². The average Bonchev–Trinajstić information content (AvgIpc) is 3.21. The number of Topliss-reactive ketones (excluding diaryl/α,β-unsaturated/α-hetero) is 2. The summed E-state index contributed by atoms with van der Waals surface area (Å²) in [7, 11) is 1.56. The largest absolute Gasteiger partial charge is 0.377 e. The number of pyridine rings is 2. The number of methoxy groups -OCH3 is 1. The highest BCUT2D eigenvalue weighted by Crippen LogP contribution is 2.26. The second kappa shape index (κ2) is 9.02. The predicted molar refractivity (Wildman–Crippen MR) is 106 cm³/mol. The summed E-state index contributed by atoms with van der Waals surface area (Å²) < 4.78 is 5.40. The first-order valence-electron chi connectivity index (χ1n) is 8.94. The first-order valence-corrected chi connectivity index (χ1v) is 9.31. The van der Waals surface area contributed by atoms with Crippen LogP contribution in [0.4, 0.5) is 0 Å². The maximum atomic E-state index is 12.7. The van der Waals surface area contributed by atoms with Gasteiger partial charge in [-0.3, -0.25) is 14.6 Å². The van der Waals surface area contributed by atoms with E-state index >= 15 is 0 Å². The van der Waals surface area contributed by atoms with Crippen molar-refractivity contribution in [3.8, 4) is 5.82 Å². The molecule has 3 aromatic rings. The number of rotatable bonds is 8. The number of carbonyl (C=O) groups is 2. The summed E-state index contributed by atoms with van der Waals surface area (Å²) in [5.74, 6) is 0.215. The Morgan fingerprint density at radius 3 is 2.52 bits per heavy atom. The highest BCUT2D eigenvalue weighted by molar-refractivity contribution is 6.32. The van der Waals surface area contributed by atoms with Crippen LogP contribution in [0.1, 0.15) is 47.0 Å². The second-order valence-corrected chi connectivity index (χ2v) is 6.96. The van der Waals surface area contributed by atoms with Gasteiger partial charge in [0.25, 0.3) is 0 Å². The maximum absolute atomic E-state index is 12.7. The molecule has 0 amide bonds. The van der Waals surface area contributed by atoms with Gasteiger partial charge in [-0.2, -0.15) is 10.2 Å². The zero-order chi connectivity index (χ0) is 21.0. The third-order valence-corrected chi connectivity index (χ3v) is 4.76. The minimum absolute atomic E-state index is 0.0557. The number of carbonyl (C=O) groups excluding carboxylic acids is 2. The molecule has 0 aliphatic rings. The Bertz CT molecular complexity index is 1040. The van der Waals surface area contributed by atoms with Gasteiger partial charge in [0.15, 0.2) is 11.6 Å². The summed E-state index contributed by atoms with van der Waals surface area (Å²) >= 11 is 6.27. The Morgan fingerprint density at radius 2 is 1.90 bits per heavy atom. The van der Waals surface area contributed by atoms with E-state index in [1.54, 1.807) is 25.6 Å². The van der Waals surface area contributed by atoms with E-state index in [2.05, 4.69) is 20.2 Å². The second-order valence-electron chi connectivity index (χ2n) is 6.55. The van der Waals surface area contributed by atoms with Crippen LogP contribution in [0.25, 0.3) is 5.82 Å². The molecule has 8 nitrogen and oxygen atoms in total. The molecule has 0 saturated carbocycles. The Balaban J connectivity index is 1.80. The molecule has 0 bridgehead atoms. The van der Waals surface area contributed by atoms with Crippen molar-refractivity contribution in [2.24, 2.45) is 0 Å². The van der Waals surface area contributed by atoms with Crippen LogP contribution in [0.2, 0.25) is 5.02 Å². The van der Waals surface area contributed by atoms with Gasteiger partial charge in [0, 0.05) is 44.1 Å². The van der Waals surface area contributed by atoms with Crippen molar-refractivity contribution < 1.29 is 14.3 Å². The van der Waals surface area contributed by atoms with E-state index in [0.29, 0.717) is 33.1 Å². The number of halogens is 1. The van der Waals surface area contributed by atoms with Crippen LogP contribution < -0.4 is 0 Å². The van der Waals surface area contributed by atoms with Crippen LogP contribution in [0.5, 0.6) is 0 Å². The normalized spacial score (nSPS) is 12.0. The van der Waals surface area contributed by atoms with Gasteiger partial charge in [-0.15, -0.1) is 4.80 Å². The van der Waals surface area contributed by atoms with Gasteiger partial charge in [0.2, 0.25) is 0 Å². The Kier molecular flexibility index (Phi) is 6.46. The van der Waals surface area contributed by atoms with E-state index in [9.17, 15) is 9.59 Å². The van der Waals surface area contributed by atoms with Crippen molar-refractivity contribution in [1.29, 1.82) is 0 Å². The third-order valence-electron chi connectivity index (χ3n) is 4.48. The van der Waals surface area contributed by atoms with E-state index in [1.807, 2.05) is 6.92 Å². The van der Waals surface area contributed by atoms with Crippen molar-refractivity contribution in [1.82, 2.24) is 25.0 Å². The number of hydrogen-bond acceptors (Lipinski definition) is 7. The van der Waals surface area contributed by atoms with Crippen LogP contribution in [-0.2, 0) is 22.4 Å². The number of ketones is 2. The standard InChI is InChI=1S/C20H20ClN5O3/c1-12(27)17-11-22-10-15(19(17)13(2)29-3)8-16(28)6-14-7-18(21)20(23-9-14)26-24-4-5-25-26/h4-5,7,9-11,13H,6,8H2,1-3H3/t13-/m1/s1. The molecule has 0 spiro atoms. The minimum Gasteiger partial charge on any atom is -0.377 e. The minimum atomic E-state index is -0.336. The van der Waals surface area contributed by atoms with Crippen molar-refractivity contribution in [2.75, 3.05) is 7.11 Å². The Morgan fingerprint density at radius 1 is 1.17 bits per heavy atom. The van der Waals surface area contributed by atoms with E-state index in [4.69, 9.17) is 16.3 Å². The van der Waals surface area contributed by atoms with Crippen molar-refractivity contribution in [3.05, 3.63) is 64.3 Å². The summed E-state index contributed by atoms with van der Waals surface area (Å²) in [5, 5.41) is 8.34. The molecule has 0 aliphatic carbocycles. The lowest BCUT2D eigenvalue weighted by molar-refractivity contribution is -0.117. The molecule has 0 radical (unpaired) electrons. The van der Waals surface area contributed by atoms with Crippen LogP contribution in [0, 0.1) is 0 Å². The summed E-state index contributed by atoms with van der Waals surface area (Å²) in [6, 6.07) is 1.67. The Hall–Kier alpha value is -2.97. The molecule has 150 valence electrons. The van der Waals surface area contributed by atoms with Crippen LogP contribution in [-0.4, -0.2) is 43.6 Å². The monoisotopic (exact) mass is 413 g/mol. The maximum Gasteiger partial charge on any atom is 0.193 e. The average molecular weight is 414 g/mol. The fraction of sp³-hybridized carbons (Fsp3) is 0.300. The van der Waals surface area contributed by atoms with E-state index < -0.39 is 0 Å². The van der Waals surface area contributed by atoms with Gasteiger partial charge in [-0.1, -0.05) is 11.6 Å². The summed E-state index contributed by atoms with van der Waals surface area (Å²) in [6.45, 7) is 3.31. The van der Waals surface area contributed by atoms with Crippen LogP contribution in [0.15, 0.2) is 37.1 Å². The predicted octanol–water partition coefficient (Wildman–Crippen LogP) is 2.98. The van der Waals surface area contributed by atoms with Gasteiger partial charge < -0.3 is 4.74 Å². The molecule has 0 fully saturated rings. The molecule has 0 saturated heterocycles.